The van der Waals surface area contributed by atoms with Crippen LogP contribution in [0.1, 0.15) is 32.6 Å². The first-order chi connectivity index (χ1) is 9.98. The van der Waals surface area contributed by atoms with E-state index in [9.17, 15) is 8.42 Å². The van der Waals surface area contributed by atoms with Gasteiger partial charge in [-0.3, -0.25) is 0 Å². The minimum atomic E-state index is -3.56. The van der Waals surface area contributed by atoms with Gasteiger partial charge in [0.2, 0.25) is 10.0 Å². The number of sulfonamides is 1. The summed E-state index contributed by atoms with van der Waals surface area (Å²) in [4.78, 5) is 0.119. The third-order valence-corrected chi connectivity index (χ3v) is 5.89. The molecule has 0 bridgehead atoms. The second-order valence-electron chi connectivity index (χ2n) is 5.63. The van der Waals surface area contributed by atoms with Crippen molar-refractivity contribution >= 4 is 10.0 Å². The van der Waals surface area contributed by atoms with E-state index in [1.807, 2.05) is 6.92 Å². The predicted octanol–water partition coefficient (Wildman–Crippen LogP) is 2.33. The van der Waals surface area contributed by atoms with Crippen LogP contribution in [0.3, 0.4) is 0 Å². The second kappa shape index (κ2) is 5.47. The Labute approximate surface area is 122 Å². The summed E-state index contributed by atoms with van der Waals surface area (Å²) in [6, 6.07) is 5.00. The average molecular weight is 296 g/mol. The van der Waals surface area contributed by atoms with Crippen LogP contribution >= 0.6 is 0 Å². The number of epoxide rings is 1. The normalized spacial score (nSPS) is 28.8. The molecular formula is C15H21NO3S. The van der Waals surface area contributed by atoms with Crippen LogP contribution in [0, 0.1) is 6.92 Å². The molecule has 20 heavy (non-hydrogen) atoms. The molecule has 2 aliphatic rings. The molecule has 1 aromatic carbocycles. The smallest absolute Gasteiger partial charge is 0.243 e. The van der Waals surface area contributed by atoms with Gasteiger partial charge in [0.1, 0.15) is 0 Å². The topological polar surface area (TPSA) is 49.9 Å². The molecule has 0 radical (unpaired) electrons. The molecule has 2 heterocycles. The van der Waals surface area contributed by atoms with Gasteiger partial charge in [-0.1, -0.05) is 17.7 Å². The molecule has 4 nitrogen and oxygen atoms in total. The number of ether oxygens (including phenoxy) is 1. The summed E-state index contributed by atoms with van der Waals surface area (Å²) in [5.41, 5.74) is 0.903. The van der Waals surface area contributed by atoms with Gasteiger partial charge in [0.15, 0.2) is 0 Å². The average Bonchev–Trinajstić information content (AvgIpc) is 3.13. The fourth-order valence-electron chi connectivity index (χ4n) is 2.76. The van der Waals surface area contributed by atoms with E-state index < -0.39 is 10.0 Å². The lowest BCUT2D eigenvalue weighted by Gasteiger charge is -2.21. The van der Waals surface area contributed by atoms with Crippen LogP contribution in [-0.4, -0.2) is 38.0 Å². The SMILES string of the molecule is [2H]c1cc(C)ccc1S(=O)(=O)N1CCC[C@@H]2O[C@@H]2CCC1. The highest BCUT2D eigenvalue weighted by Gasteiger charge is 2.39. The molecular weight excluding hydrogens is 274 g/mol. The van der Waals surface area contributed by atoms with Gasteiger partial charge < -0.3 is 4.74 Å². The first-order valence-corrected chi connectivity index (χ1v) is 8.65. The molecule has 1 aromatic rings. The minimum Gasteiger partial charge on any atom is -0.370 e. The molecule has 2 aliphatic heterocycles. The number of hydrogen-bond acceptors (Lipinski definition) is 3. The van der Waals surface area contributed by atoms with Crippen molar-refractivity contribution in [3.8, 4) is 0 Å². The van der Waals surface area contributed by atoms with E-state index in [1.165, 1.54) is 0 Å². The van der Waals surface area contributed by atoms with Gasteiger partial charge >= 0.3 is 0 Å². The largest absolute Gasteiger partial charge is 0.370 e. The zero-order valence-electron chi connectivity index (χ0n) is 12.7. The van der Waals surface area contributed by atoms with E-state index in [4.69, 9.17) is 6.11 Å². The number of hydrogen-bond donors (Lipinski definition) is 0. The maximum absolute atomic E-state index is 12.8. The summed E-state index contributed by atoms with van der Waals surface area (Å²) in [5.74, 6) is 0. The molecule has 0 N–H and O–H groups in total. The molecule has 2 saturated heterocycles. The molecule has 0 aromatic heterocycles. The Morgan fingerprint density at radius 2 is 1.85 bits per heavy atom. The van der Waals surface area contributed by atoms with Crippen LogP contribution in [0.2, 0.25) is 0 Å². The maximum Gasteiger partial charge on any atom is 0.243 e. The minimum absolute atomic E-state index is 0.0843. The van der Waals surface area contributed by atoms with Crippen molar-refractivity contribution in [2.45, 2.75) is 49.7 Å². The quantitative estimate of drug-likeness (QED) is 0.787. The molecule has 0 spiro atoms. The molecule has 0 saturated carbocycles. The highest BCUT2D eigenvalue weighted by Crippen LogP contribution is 2.32. The number of aryl methyl sites for hydroxylation is 1. The third kappa shape index (κ3) is 2.90. The fraction of sp³-hybridized carbons (Fsp3) is 0.600. The summed E-state index contributed by atoms with van der Waals surface area (Å²) in [7, 11) is -3.56. The van der Waals surface area contributed by atoms with E-state index in [0.29, 0.717) is 25.3 Å². The number of rotatable bonds is 2. The summed E-state index contributed by atoms with van der Waals surface area (Å²) >= 11 is 0. The van der Waals surface area contributed by atoms with Crippen molar-refractivity contribution in [2.24, 2.45) is 0 Å². The summed E-state index contributed by atoms with van der Waals surface area (Å²) in [6.45, 7) is 2.89. The molecule has 2 atom stereocenters. The van der Waals surface area contributed by atoms with Crippen LogP contribution in [0.4, 0.5) is 0 Å². The Morgan fingerprint density at radius 3 is 2.45 bits per heavy atom. The van der Waals surface area contributed by atoms with Crippen LogP contribution in [0.25, 0.3) is 0 Å². The van der Waals surface area contributed by atoms with Crippen molar-refractivity contribution in [1.82, 2.24) is 4.31 Å². The predicted molar refractivity (Wildman–Crippen MR) is 77.1 cm³/mol. The number of benzene rings is 1. The second-order valence-corrected chi connectivity index (χ2v) is 7.54. The number of fused-ring (bicyclic) bond motifs is 1. The van der Waals surface area contributed by atoms with Crippen molar-refractivity contribution in [3.05, 3.63) is 29.8 Å². The van der Waals surface area contributed by atoms with E-state index in [2.05, 4.69) is 0 Å². The Balaban J connectivity index is 1.82. The van der Waals surface area contributed by atoms with Crippen molar-refractivity contribution in [2.75, 3.05) is 13.1 Å². The van der Waals surface area contributed by atoms with Gasteiger partial charge in [-0.05, 0) is 44.7 Å². The van der Waals surface area contributed by atoms with Crippen LogP contribution in [0.15, 0.2) is 29.1 Å². The highest BCUT2D eigenvalue weighted by molar-refractivity contribution is 7.89. The van der Waals surface area contributed by atoms with Crippen molar-refractivity contribution in [1.29, 1.82) is 0 Å². The van der Waals surface area contributed by atoms with E-state index in [-0.39, 0.29) is 10.9 Å². The van der Waals surface area contributed by atoms with Crippen LogP contribution in [-0.2, 0) is 14.8 Å². The third-order valence-electron chi connectivity index (χ3n) is 4.04. The van der Waals surface area contributed by atoms with Crippen LogP contribution < -0.4 is 0 Å². The Kier molecular flexibility index (Phi) is 3.50. The van der Waals surface area contributed by atoms with Gasteiger partial charge in [-0.25, -0.2) is 8.42 Å². The summed E-state index contributed by atoms with van der Waals surface area (Å²) in [6.07, 6.45) is 4.19. The molecule has 0 aliphatic carbocycles. The number of nitrogens with zero attached hydrogens (tertiary/aromatic N) is 1. The highest BCUT2D eigenvalue weighted by atomic mass is 32.2. The van der Waals surface area contributed by atoms with E-state index in [0.717, 1.165) is 31.2 Å². The Morgan fingerprint density at radius 1 is 1.20 bits per heavy atom. The first kappa shape index (κ1) is 12.8. The van der Waals surface area contributed by atoms with Gasteiger partial charge in [0.25, 0.3) is 0 Å². The van der Waals surface area contributed by atoms with E-state index >= 15 is 0 Å². The zero-order chi connectivity index (χ0) is 15.0. The molecule has 3 rings (SSSR count). The molecule has 2 fully saturated rings. The fourth-order valence-corrected chi connectivity index (χ4v) is 4.23. The van der Waals surface area contributed by atoms with Crippen molar-refractivity contribution < 1.29 is 14.5 Å². The first-order valence-electron chi connectivity index (χ1n) is 7.71. The van der Waals surface area contributed by atoms with Gasteiger partial charge in [-0.15, -0.1) is 0 Å². The van der Waals surface area contributed by atoms with Crippen molar-refractivity contribution in [3.63, 3.8) is 0 Å². The summed E-state index contributed by atoms with van der Waals surface area (Å²) < 4.78 is 40.5. The zero-order valence-corrected chi connectivity index (χ0v) is 12.5. The lowest BCUT2D eigenvalue weighted by Crippen LogP contribution is -2.33. The lowest BCUT2D eigenvalue weighted by molar-refractivity contribution is 0.318. The van der Waals surface area contributed by atoms with Gasteiger partial charge in [-0.2, -0.15) is 4.31 Å². The van der Waals surface area contributed by atoms with E-state index in [1.54, 1.807) is 22.5 Å². The monoisotopic (exact) mass is 296 g/mol. The van der Waals surface area contributed by atoms with Gasteiger partial charge in [0.05, 0.1) is 18.5 Å². The maximum atomic E-state index is 12.8. The van der Waals surface area contributed by atoms with Gasteiger partial charge in [0, 0.05) is 13.1 Å². The Bertz CT molecular complexity index is 618. The Hall–Kier alpha value is -0.910. The molecule has 0 unspecified atom stereocenters. The molecule has 110 valence electrons. The standard InChI is InChI=1S/C15H21NO3S/c1-12-6-8-13(9-7-12)20(17,18)16-10-2-4-14-15(19-14)5-3-11-16/h6-9,14-15H,2-5,10-11H2,1H3/t14-,15+/i8D. The molecule has 5 heteroatoms. The lowest BCUT2D eigenvalue weighted by atomic mass is 10.1. The molecule has 0 amide bonds. The summed E-state index contributed by atoms with van der Waals surface area (Å²) in [5, 5.41) is 0. The van der Waals surface area contributed by atoms with Crippen LogP contribution in [0.5, 0.6) is 0 Å².